The second-order valence-electron chi connectivity index (χ2n) is 11.8. The molecular weight excluding hydrogens is 595 g/mol. The highest BCUT2D eigenvalue weighted by Gasteiger charge is 2.38. The van der Waals surface area contributed by atoms with E-state index in [1.165, 1.54) is 22.6 Å². The van der Waals surface area contributed by atoms with Crippen molar-refractivity contribution < 1.29 is 32.3 Å². The van der Waals surface area contributed by atoms with Gasteiger partial charge in [0.15, 0.2) is 0 Å². The molecule has 0 saturated carbocycles. The maximum atomic E-state index is 13.4. The van der Waals surface area contributed by atoms with E-state index in [1.54, 1.807) is 32.0 Å². The summed E-state index contributed by atoms with van der Waals surface area (Å²) < 4.78 is 44.8. The van der Waals surface area contributed by atoms with E-state index in [2.05, 4.69) is 22.3 Å². The average molecular weight is 634 g/mol. The molecule has 1 saturated heterocycles. The molecule has 242 valence electrons. The van der Waals surface area contributed by atoms with Crippen LogP contribution < -0.4 is 5.32 Å². The fraction of sp³-hybridized carbons (Fsp3) is 0.361. The molecule has 3 aromatic carbocycles. The van der Waals surface area contributed by atoms with Gasteiger partial charge in [0.25, 0.3) is 5.91 Å². The zero-order valence-electron chi connectivity index (χ0n) is 26.0. The van der Waals surface area contributed by atoms with Crippen LogP contribution in [0.2, 0.25) is 0 Å². The Labute approximate surface area is 267 Å². The van der Waals surface area contributed by atoms with Gasteiger partial charge in [0.2, 0.25) is 5.91 Å². The molecule has 0 bridgehead atoms. The van der Waals surface area contributed by atoms with Crippen molar-refractivity contribution in [2.45, 2.75) is 64.3 Å². The highest BCUT2D eigenvalue weighted by molar-refractivity contribution is 5.96. The molecule has 2 aliphatic rings. The number of esters is 1. The quantitative estimate of drug-likeness (QED) is 0.274. The summed E-state index contributed by atoms with van der Waals surface area (Å²) in [6.45, 7) is 6.18. The molecule has 5 rings (SSSR count). The molecule has 2 amide bonds. The van der Waals surface area contributed by atoms with Gasteiger partial charge < -0.3 is 15.0 Å². The number of allylic oxidation sites excluding steroid dienone is 1. The van der Waals surface area contributed by atoms with Gasteiger partial charge in [-0.3, -0.25) is 14.5 Å². The van der Waals surface area contributed by atoms with Crippen molar-refractivity contribution >= 4 is 17.8 Å². The van der Waals surface area contributed by atoms with Gasteiger partial charge in [-0.05, 0) is 67.6 Å². The van der Waals surface area contributed by atoms with Crippen molar-refractivity contribution in [3.05, 3.63) is 118 Å². The molecule has 1 unspecified atom stereocenters. The smallest absolute Gasteiger partial charge is 0.416 e. The maximum Gasteiger partial charge on any atom is 0.416 e. The van der Waals surface area contributed by atoms with Crippen LogP contribution in [0.4, 0.5) is 13.2 Å². The molecular formula is C36H38F3N3O4. The van der Waals surface area contributed by atoms with Crippen molar-refractivity contribution in [3.8, 4) is 0 Å². The van der Waals surface area contributed by atoms with E-state index < -0.39 is 23.6 Å². The second kappa shape index (κ2) is 14.3. The Balaban J connectivity index is 1.27. The Hall–Kier alpha value is -4.44. The predicted molar refractivity (Wildman–Crippen MR) is 167 cm³/mol. The number of nitrogens with one attached hydrogen (secondary N) is 1. The van der Waals surface area contributed by atoms with Crippen LogP contribution in [0.5, 0.6) is 0 Å². The molecule has 0 aromatic heterocycles. The SMILES string of the molecule is CCOC(=O)C1=C(C)N(Cc2cccc(C(=O)NC3CCN(Cc4ccccc4)CC3)c2)C(=O)CC1c1ccc(C(F)(F)F)cc1. The van der Waals surface area contributed by atoms with E-state index in [0.717, 1.165) is 44.6 Å². The number of piperidine rings is 1. The molecule has 1 fully saturated rings. The molecule has 0 spiro atoms. The van der Waals surface area contributed by atoms with Crippen LogP contribution >= 0.6 is 0 Å². The number of ether oxygens (including phenoxy) is 1. The zero-order valence-corrected chi connectivity index (χ0v) is 26.0. The number of hydrogen-bond acceptors (Lipinski definition) is 5. The summed E-state index contributed by atoms with van der Waals surface area (Å²) in [5.74, 6) is -1.84. The lowest BCUT2D eigenvalue weighted by molar-refractivity contribution is -0.140. The van der Waals surface area contributed by atoms with Crippen molar-refractivity contribution in [2.24, 2.45) is 0 Å². The lowest BCUT2D eigenvalue weighted by atomic mass is 9.83. The molecule has 0 radical (unpaired) electrons. The average Bonchev–Trinajstić information content (AvgIpc) is 3.04. The Morgan fingerprint density at radius 1 is 0.913 bits per heavy atom. The molecule has 46 heavy (non-hydrogen) atoms. The minimum absolute atomic E-state index is 0.0614. The number of carbonyl (C=O) groups is 3. The van der Waals surface area contributed by atoms with Gasteiger partial charge in [0, 0.05) is 49.3 Å². The predicted octanol–water partition coefficient (Wildman–Crippen LogP) is 6.45. The first kappa shape index (κ1) is 32.9. The van der Waals surface area contributed by atoms with Crippen LogP contribution in [-0.4, -0.2) is 53.3 Å². The van der Waals surface area contributed by atoms with Crippen LogP contribution in [0.1, 0.15) is 71.6 Å². The van der Waals surface area contributed by atoms with E-state index in [4.69, 9.17) is 4.74 Å². The summed E-state index contributed by atoms with van der Waals surface area (Å²) >= 11 is 0. The molecule has 1 N–H and O–H groups in total. The van der Waals surface area contributed by atoms with Crippen LogP contribution in [0.15, 0.2) is 90.1 Å². The van der Waals surface area contributed by atoms with Crippen molar-refractivity contribution in [1.29, 1.82) is 0 Å². The Morgan fingerprint density at radius 3 is 2.24 bits per heavy atom. The first-order valence-electron chi connectivity index (χ1n) is 15.5. The van der Waals surface area contributed by atoms with Crippen molar-refractivity contribution in [2.75, 3.05) is 19.7 Å². The van der Waals surface area contributed by atoms with Crippen LogP contribution in [0.25, 0.3) is 0 Å². The fourth-order valence-corrected chi connectivity index (χ4v) is 6.21. The number of alkyl halides is 3. The number of amides is 2. The number of hydrogen-bond donors (Lipinski definition) is 1. The highest BCUT2D eigenvalue weighted by Crippen LogP contribution is 2.39. The fourth-order valence-electron chi connectivity index (χ4n) is 6.21. The summed E-state index contributed by atoms with van der Waals surface area (Å²) in [7, 11) is 0. The van der Waals surface area contributed by atoms with Gasteiger partial charge in [-0.1, -0.05) is 54.6 Å². The lowest BCUT2D eigenvalue weighted by Crippen LogP contribution is -2.44. The monoisotopic (exact) mass is 633 g/mol. The van der Waals surface area contributed by atoms with Crippen molar-refractivity contribution in [3.63, 3.8) is 0 Å². The summed E-state index contributed by atoms with van der Waals surface area (Å²) in [5.41, 5.74) is 2.66. The van der Waals surface area contributed by atoms with E-state index in [0.29, 0.717) is 22.4 Å². The van der Waals surface area contributed by atoms with Crippen LogP contribution in [0.3, 0.4) is 0 Å². The van der Waals surface area contributed by atoms with Crippen LogP contribution in [-0.2, 0) is 33.6 Å². The normalized spacial score (nSPS) is 18.1. The van der Waals surface area contributed by atoms with Gasteiger partial charge >= 0.3 is 12.1 Å². The number of likely N-dealkylation sites (tertiary alicyclic amines) is 1. The zero-order chi connectivity index (χ0) is 32.8. The molecule has 2 heterocycles. The van der Waals surface area contributed by atoms with E-state index in [-0.39, 0.29) is 43.0 Å². The van der Waals surface area contributed by atoms with Gasteiger partial charge in [-0.2, -0.15) is 13.2 Å². The summed E-state index contributed by atoms with van der Waals surface area (Å²) in [6.07, 6.45) is -2.92. The summed E-state index contributed by atoms with van der Waals surface area (Å²) in [4.78, 5) is 43.6. The minimum atomic E-state index is -4.50. The third-order valence-corrected chi connectivity index (χ3v) is 8.66. The van der Waals surface area contributed by atoms with Gasteiger partial charge in [0.05, 0.1) is 24.3 Å². The largest absolute Gasteiger partial charge is 0.463 e. The lowest BCUT2D eigenvalue weighted by Gasteiger charge is -2.34. The molecule has 10 heteroatoms. The molecule has 0 aliphatic carbocycles. The van der Waals surface area contributed by atoms with Gasteiger partial charge in [-0.15, -0.1) is 0 Å². The van der Waals surface area contributed by atoms with Crippen molar-refractivity contribution in [1.82, 2.24) is 15.1 Å². The Morgan fingerprint density at radius 2 is 1.59 bits per heavy atom. The molecule has 1 atom stereocenters. The van der Waals surface area contributed by atoms with Gasteiger partial charge in [-0.25, -0.2) is 4.79 Å². The number of carbonyl (C=O) groups excluding carboxylic acids is 3. The first-order chi connectivity index (χ1) is 22.0. The Bertz CT molecular complexity index is 1580. The van der Waals surface area contributed by atoms with Gasteiger partial charge in [0.1, 0.15) is 0 Å². The Kier molecular flexibility index (Phi) is 10.3. The highest BCUT2D eigenvalue weighted by atomic mass is 19.4. The second-order valence-corrected chi connectivity index (χ2v) is 11.8. The maximum absolute atomic E-state index is 13.4. The summed E-state index contributed by atoms with van der Waals surface area (Å²) in [6, 6.07) is 21.9. The molecule has 2 aliphatic heterocycles. The van der Waals surface area contributed by atoms with E-state index in [9.17, 15) is 27.6 Å². The molecule has 3 aromatic rings. The van der Waals surface area contributed by atoms with Crippen LogP contribution in [0, 0.1) is 0 Å². The minimum Gasteiger partial charge on any atom is -0.463 e. The topological polar surface area (TPSA) is 79.0 Å². The molecule has 7 nitrogen and oxygen atoms in total. The third kappa shape index (κ3) is 7.85. The number of nitrogens with zero attached hydrogens (tertiary/aromatic N) is 2. The first-order valence-corrected chi connectivity index (χ1v) is 15.5. The van der Waals surface area contributed by atoms with E-state index >= 15 is 0 Å². The van der Waals surface area contributed by atoms with E-state index in [1.807, 2.05) is 24.3 Å². The number of benzene rings is 3. The number of rotatable bonds is 9. The standard InChI is InChI=1S/C36H38F3N3O4/c1-3-46-35(45)33-24(2)42(32(43)21-31(33)27-12-14-29(15-13-27)36(37,38)39)23-26-10-7-11-28(20-26)34(44)40-30-16-18-41(19-17-30)22-25-8-5-4-6-9-25/h4-15,20,30-31H,3,16-19,21-23H2,1-2H3,(H,40,44). The number of halogens is 3. The third-order valence-electron chi connectivity index (χ3n) is 8.66. The summed E-state index contributed by atoms with van der Waals surface area (Å²) in [5, 5.41) is 3.15.